The number of carbonyl (C=O) groups is 1. The van der Waals surface area contributed by atoms with E-state index in [0.29, 0.717) is 26.6 Å². The van der Waals surface area contributed by atoms with E-state index in [2.05, 4.69) is 0 Å². The summed E-state index contributed by atoms with van der Waals surface area (Å²) < 4.78 is 27.6. The number of rotatable bonds is 4. The molecule has 3 aromatic rings. The summed E-state index contributed by atoms with van der Waals surface area (Å²) in [5.74, 6) is -1.31. The number of aliphatic carboxylic acids is 1. The second-order valence-electron chi connectivity index (χ2n) is 5.49. The van der Waals surface area contributed by atoms with Gasteiger partial charge in [0, 0.05) is 21.1 Å². The number of fused-ring (bicyclic) bond motifs is 1. The summed E-state index contributed by atoms with van der Waals surface area (Å²) in [5, 5.41) is 12.2. The van der Waals surface area contributed by atoms with Crippen molar-refractivity contribution in [3.8, 4) is 0 Å². The van der Waals surface area contributed by atoms with Crippen molar-refractivity contribution >= 4 is 49.9 Å². The summed E-state index contributed by atoms with van der Waals surface area (Å²) in [5.41, 5.74) is 0.759. The van der Waals surface area contributed by atoms with E-state index in [-0.39, 0.29) is 39.3 Å². The molecule has 1 heterocycles. The van der Waals surface area contributed by atoms with Crippen molar-refractivity contribution in [2.75, 3.05) is 0 Å². The molecule has 0 saturated carbocycles. The van der Waals surface area contributed by atoms with Crippen LogP contribution < -0.4 is 34.7 Å². The van der Waals surface area contributed by atoms with Gasteiger partial charge in [-0.05, 0) is 49.4 Å². The molecule has 0 aliphatic rings. The Labute approximate surface area is 182 Å². The van der Waals surface area contributed by atoms with Gasteiger partial charge in [-0.2, -0.15) is 0 Å². The van der Waals surface area contributed by atoms with E-state index in [1.807, 2.05) is 0 Å². The van der Waals surface area contributed by atoms with Crippen LogP contribution in [-0.2, 0) is 21.2 Å². The normalized spacial score (nSPS) is 11.3. The van der Waals surface area contributed by atoms with E-state index in [4.69, 9.17) is 23.2 Å². The van der Waals surface area contributed by atoms with Gasteiger partial charge in [0.2, 0.25) is 9.84 Å². The Morgan fingerprint density at radius 3 is 2.23 bits per heavy atom. The van der Waals surface area contributed by atoms with Crippen LogP contribution in [0.4, 0.5) is 0 Å². The zero-order chi connectivity index (χ0) is 18.4. The quantitative estimate of drug-likeness (QED) is 0.550. The summed E-state index contributed by atoms with van der Waals surface area (Å²) in [6.07, 6.45) is 0. The maximum atomic E-state index is 13.1. The first-order valence-electron chi connectivity index (χ1n) is 7.20. The molecule has 0 fully saturated rings. The van der Waals surface area contributed by atoms with E-state index in [9.17, 15) is 18.3 Å². The van der Waals surface area contributed by atoms with Gasteiger partial charge in [-0.25, -0.2) is 8.42 Å². The monoisotopic (exact) mass is 419 g/mol. The van der Waals surface area contributed by atoms with Crippen LogP contribution in [0.5, 0.6) is 0 Å². The average molecular weight is 420 g/mol. The maximum absolute atomic E-state index is 13.1. The molecule has 0 radical (unpaired) electrons. The molecule has 0 amide bonds. The van der Waals surface area contributed by atoms with E-state index in [1.165, 1.54) is 34.9 Å². The predicted molar refractivity (Wildman–Crippen MR) is 93.6 cm³/mol. The largest absolute Gasteiger partial charge is 1.00 e. The molecule has 1 aromatic heterocycles. The molecule has 9 heteroatoms. The van der Waals surface area contributed by atoms with Gasteiger partial charge in [-0.3, -0.25) is 0 Å². The first-order chi connectivity index (χ1) is 11.7. The van der Waals surface area contributed by atoms with Crippen LogP contribution in [0.3, 0.4) is 0 Å². The smallest absolute Gasteiger partial charge is 0.548 e. The molecule has 0 atom stereocenters. The minimum absolute atomic E-state index is 0. The Morgan fingerprint density at radius 2 is 1.65 bits per heavy atom. The zero-order valence-corrected chi connectivity index (χ0v) is 18.3. The van der Waals surface area contributed by atoms with Crippen molar-refractivity contribution < 1.29 is 47.9 Å². The maximum Gasteiger partial charge on any atom is 1.00 e. The van der Waals surface area contributed by atoms with E-state index >= 15 is 0 Å². The van der Waals surface area contributed by atoms with Gasteiger partial charge in [0.1, 0.15) is 4.90 Å². The molecule has 0 N–H and O–H groups in total. The van der Waals surface area contributed by atoms with Gasteiger partial charge in [0.15, 0.2) is 0 Å². The average Bonchev–Trinajstić information content (AvgIpc) is 2.79. The summed E-state index contributed by atoms with van der Waals surface area (Å²) in [6, 6.07) is 10.5. The van der Waals surface area contributed by atoms with Crippen LogP contribution in [0.25, 0.3) is 10.9 Å². The topological polar surface area (TPSA) is 79.2 Å². The number of aromatic nitrogens is 1. The van der Waals surface area contributed by atoms with Crippen molar-refractivity contribution in [1.82, 2.24) is 4.57 Å². The molecular formula is C17H12Cl2NNaO4S. The Kier molecular flexibility index (Phi) is 6.48. The SMILES string of the molecule is Cc1c(S(=O)(=O)c2ccc(Cl)cc2)c2cc(Cl)ccc2n1CC(=O)[O-].[Na+]. The number of halogens is 2. The number of benzene rings is 2. The molecule has 130 valence electrons. The molecular weight excluding hydrogens is 408 g/mol. The molecule has 2 aromatic carbocycles. The van der Waals surface area contributed by atoms with Crippen molar-refractivity contribution in [3.05, 3.63) is 58.2 Å². The Balaban J connectivity index is 0.00000243. The molecule has 0 spiro atoms. The standard InChI is InChI=1S/C17H13Cl2NO4S.Na/c1-10-17(25(23,24)13-5-2-11(18)3-6-13)14-8-12(19)4-7-15(14)20(10)9-16(21)22;/h2-8H,9H2,1H3,(H,21,22);/q;+1/p-1. The van der Waals surface area contributed by atoms with Crippen LogP contribution >= 0.6 is 23.2 Å². The van der Waals surface area contributed by atoms with E-state index in [1.54, 1.807) is 19.1 Å². The minimum atomic E-state index is -3.90. The molecule has 0 bridgehead atoms. The number of nitrogens with zero attached hydrogens (tertiary/aromatic N) is 1. The fraction of sp³-hybridized carbons (Fsp3) is 0.118. The number of hydrogen-bond acceptors (Lipinski definition) is 4. The van der Waals surface area contributed by atoms with Gasteiger partial charge >= 0.3 is 29.6 Å². The fourth-order valence-electron chi connectivity index (χ4n) is 2.83. The third kappa shape index (κ3) is 3.81. The second-order valence-corrected chi connectivity index (χ2v) is 8.25. The van der Waals surface area contributed by atoms with Crippen molar-refractivity contribution in [1.29, 1.82) is 0 Å². The minimum Gasteiger partial charge on any atom is -0.548 e. The molecule has 0 aliphatic heterocycles. The molecule has 0 aliphatic carbocycles. The van der Waals surface area contributed by atoms with Gasteiger partial charge < -0.3 is 14.5 Å². The van der Waals surface area contributed by atoms with E-state index in [0.717, 1.165) is 0 Å². The predicted octanol–water partition coefficient (Wildman–Crippen LogP) is -0.157. The third-order valence-corrected chi connectivity index (χ3v) is 6.34. The van der Waals surface area contributed by atoms with Crippen molar-refractivity contribution in [2.45, 2.75) is 23.3 Å². The fourth-order valence-corrected chi connectivity index (χ4v) is 4.81. The van der Waals surface area contributed by atoms with Crippen molar-refractivity contribution in [3.63, 3.8) is 0 Å². The number of carbonyl (C=O) groups excluding carboxylic acids is 1. The Bertz CT molecular complexity index is 1090. The first kappa shape index (κ1) is 21.3. The molecule has 26 heavy (non-hydrogen) atoms. The van der Waals surface area contributed by atoms with Crippen LogP contribution in [0, 0.1) is 6.92 Å². The van der Waals surface area contributed by atoms with Gasteiger partial charge in [0.05, 0.1) is 22.9 Å². The number of hydrogen-bond donors (Lipinski definition) is 0. The van der Waals surface area contributed by atoms with Crippen LogP contribution in [-0.4, -0.2) is 19.0 Å². The summed E-state index contributed by atoms with van der Waals surface area (Å²) >= 11 is 11.9. The van der Waals surface area contributed by atoms with E-state index < -0.39 is 22.4 Å². The summed E-state index contributed by atoms with van der Waals surface area (Å²) in [6.45, 7) is 1.10. The molecule has 0 unspecified atom stereocenters. The number of carboxylic acids is 1. The first-order valence-corrected chi connectivity index (χ1v) is 9.44. The Morgan fingerprint density at radius 1 is 1.08 bits per heavy atom. The van der Waals surface area contributed by atoms with Crippen LogP contribution in [0.1, 0.15) is 5.69 Å². The number of sulfone groups is 1. The van der Waals surface area contributed by atoms with Gasteiger partial charge in [-0.15, -0.1) is 0 Å². The van der Waals surface area contributed by atoms with Gasteiger partial charge in [-0.1, -0.05) is 23.2 Å². The molecule has 3 rings (SSSR count). The van der Waals surface area contributed by atoms with Crippen molar-refractivity contribution in [2.24, 2.45) is 0 Å². The Hall–Kier alpha value is -1.02. The number of carboxylic acid groups (broad SMARTS) is 1. The molecule has 0 saturated heterocycles. The second kappa shape index (κ2) is 7.92. The summed E-state index contributed by atoms with van der Waals surface area (Å²) in [4.78, 5) is 11.2. The third-order valence-electron chi connectivity index (χ3n) is 3.91. The molecule has 5 nitrogen and oxygen atoms in total. The summed E-state index contributed by atoms with van der Waals surface area (Å²) in [7, 11) is -3.90. The van der Waals surface area contributed by atoms with Crippen LogP contribution in [0.15, 0.2) is 52.3 Å². The zero-order valence-electron chi connectivity index (χ0n) is 14.0. The van der Waals surface area contributed by atoms with Gasteiger partial charge in [0.25, 0.3) is 0 Å². The van der Waals surface area contributed by atoms with Crippen LogP contribution in [0.2, 0.25) is 10.0 Å².